The summed E-state index contributed by atoms with van der Waals surface area (Å²) in [7, 11) is -3.73. The maximum Gasteiger partial charge on any atom is 0.238 e. The first-order valence-corrected chi connectivity index (χ1v) is 9.52. The van der Waals surface area contributed by atoms with Crippen molar-refractivity contribution in [3.63, 3.8) is 0 Å². The molecule has 0 aliphatic rings. The molecule has 0 radical (unpaired) electrons. The van der Waals surface area contributed by atoms with Crippen molar-refractivity contribution in [1.82, 2.24) is 14.4 Å². The fraction of sp³-hybridized carbons (Fsp3) is 0.0526. The Morgan fingerprint density at radius 1 is 1.00 bits per heavy atom. The maximum atomic E-state index is 11.5. The average Bonchev–Trinajstić information content (AvgIpc) is 3.00. The molecule has 6 nitrogen and oxygen atoms in total. The van der Waals surface area contributed by atoms with Gasteiger partial charge in [0.25, 0.3) is 0 Å². The summed E-state index contributed by atoms with van der Waals surface area (Å²) in [5.74, 6) is 0.580. The van der Waals surface area contributed by atoms with Crippen LogP contribution in [0.25, 0.3) is 28.3 Å². The Kier molecular flexibility index (Phi) is 3.82. The van der Waals surface area contributed by atoms with Gasteiger partial charge in [-0.15, -0.1) is 0 Å². The van der Waals surface area contributed by atoms with Crippen molar-refractivity contribution >= 4 is 15.8 Å². The Bertz CT molecular complexity index is 1210. The molecule has 4 aromatic rings. The molecule has 2 aromatic heterocycles. The predicted octanol–water partition coefficient (Wildman–Crippen LogP) is 3.02. The number of rotatable bonds is 3. The fourth-order valence-electron chi connectivity index (χ4n) is 2.99. The van der Waals surface area contributed by atoms with Gasteiger partial charge < -0.3 is 0 Å². The summed E-state index contributed by atoms with van der Waals surface area (Å²) in [6.45, 7) is 2.03. The molecule has 0 bridgehead atoms. The summed E-state index contributed by atoms with van der Waals surface area (Å²) in [6, 6.07) is 16.3. The second-order valence-corrected chi connectivity index (χ2v) is 7.54. The maximum absolute atomic E-state index is 11.5. The number of hydrogen-bond acceptors (Lipinski definition) is 4. The van der Waals surface area contributed by atoms with Crippen LogP contribution < -0.4 is 5.14 Å². The smallest absolute Gasteiger partial charge is 0.238 e. The van der Waals surface area contributed by atoms with E-state index >= 15 is 0 Å². The van der Waals surface area contributed by atoms with Crippen LogP contribution in [0.4, 0.5) is 0 Å². The lowest BCUT2D eigenvalue weighted by Gasteiger charge is -2.08. The second-order valence-electron chi connectivity index (χ2n) is 5.98. The standard InChI is InChI=1S/C19H16N4O2S/c1-13-5-2-3-6-16(13)17-18(23-12-4-11-21-19(23)22-17)14-7-9-15(10-8-14)26(20,24)25/h2-12H,1H3,(H2,20,24,25). The Morgan fingerprint density at radius 2 is 1.73 bits per heavy atom. The van der Waals surface area contributed by atoms with E-state index in [1.165, 1.54) is 12.1 Å². The molecule has 0 aliphatic heterocycles. The van der Waals surface area contributed by atoms with Gasteiger partial charge in [-0.25, -0.2) is 23.5 Å². The van der Waals surface area contributed by atoms with Crippen LogP contribution in [-0.2, 0) is 10.0 Å². The Morgan fingerprint density at radius 3 is 2.42 bits per heavy atom. The summed E-state index contributed by atoms with van der Waals surface area (Å²) in [5, 5.41) is 5.20. The first-order chi connectivity index (χ1) is 12.4. The molecular weight excluding hydrogens is 348 g/mol. The number of nitrogens with zero attached hydrogens (tertiary/aromatic N) is 3. The molecule has 0 atom stereocenters. The molecule has 2 aromatic carbocycles. The monoisotopic (exact) mass is 364 g/mol. The first-order valence-electron chi connectivity index (χ1n) is 7.97. The largest absolute Gasteiger partial charge is 0.283 e. The van der Waals surface area contributed by atoms with Gasteiger partial charge in [-0.3, -0.25) is 4.40 Å². The van der Waals surface area contributed by atoms with E-state index in [1.54, 1.807) is 18.3 Å². The normalized spacial score (nSPS) is 11.8. The van der Waals surface area contributed by atoms with E-state index in [4.69, 9.17) is 10.1 Å². The lowest BCUT2D eigenvalue weighted by molar-refractivity contribution is 0.598. The average molecular weight is 364 g/mol. The van der Waals surface area contributed by atoms with Crippen LogP contribution in [0.1, 0.15) is 5.56 Å². The Labute approximate surface area is 151 Å². The fourth-order valence-corrected chi connectivity index (χ4v) is 3.51. The number of fused-ring (bicyclic) bond motifs is 1. The van der Waals surface area contributed by atoms with Gasteiger partial charge in [0.2, 0.25) is 15.8 Å². The zero-order chi connectivity index (χ0) is 18.3. The zero-order valence-corrected chi connectivity index (χ0v) is 14.8. The highest BCUT2D eigenvalue weighted by atomic mass is 32.2. The minimum Gasteiger partial charge on any atom is -0.283 e. The van der Waals surface area contributed by atoms with Crippen molar-refractivity contribution in [2.75, 3.05) is 0 Å². The van der Waals surface area contributed by atoms with Crippen molar-refractivity contribution < 1.29 is 8.42 Å². The first kappa shape index (κ1) is 16.4. The molecule has 0 saturated carbocycles. The van der Waals surface area contributed by atoms with Crippen LogP contribution in [0, 0.1) is 6.92 Å². The zero-order valence-electron chi connectivity index (χ0n) is 14.0. The highest BCUT2D eigenvalue weighted by Crippen LogP contribution is 2.34. The third-order valence-electron chi connectivity index (χ3n) is 4.26. The van der Waals surface area contributed by atoms with Gasteiger partial charge in [-0.1, -0.05) is 36.4 Å². The van der Waals surface area contributed by atoms with E-state index in [0.717, 1.165) is 28.1 Å². The van der Waals surface area contributed by atoms with Crippen molar-refractivity contribution in [3.8, 4) is 22.5 Å². The molecular formula is C19H16N4O2S. The van der Waals surface area contributed by atoms with E-state index < -0.39 is 10.0 Å². The van der Waals surface area contributed by atoms with Crippen molar-refractivity contribution in [1.29, 1.82) is 0 Å². The minimum atomic E-state index is -3.73. The van der Waals surface area contributed by atoms with Gasteiger partial charge in [0.05, 0.1) is 16.3 Å². The van der Waals surface area contributed by atoms with Gasteiger partial charge in [-0.05, 0) is 30.7 Å². The highest BCUT2D eigenvalue weighted by molar-refractivity contribution is 7.89. The number of hydrogen-bond donors (Lipinski definition) is 1. The number of aromatic nitrogens is 3. The lowest BCUT2D eigenvalue weighted by Crippen LogP contribution is -2.11. The number of aryl methyl sites for hydroxylation is 1. The van der Waals surface area contributed by atoms with Crippen molar-refractivity contribution in [3.05, 3.63) is 72.6 Å². The van der Waals surface area contributed by atoms with Gasteiger partial charge >= 0.3 is 0 Å². The molecule has 0 saturated heterocycles. The van der Waals surface area contributed by atoms with Crippen LogP contribution >= 0.6 is 0 Å². The molecule has 7 heteroatoms. The van der Waals surface area contributed by atoms with Gasteiger partial charge in [-0.2, -0.15) is 0 Å². The minimum absolute atomic E-state index is 0.0747. The van der Waals surface area contributed by atoms with Gasteiger partial charge in [0.15, 0.2) is 0 Å². The molecule has 0 fully saturated rings. The molecule has 0 amide bonds. The van der Waals surface area contributed by atoms with Crippen LogP contribution in [-0.4, -0.2) is 22.8 Å². The molecule has 2 heterocycles. The molecule has 2 N–H and O–H groups in total. The summed E-state index contributed by atoms with van der Waals surface area (Å²) < 4.78 is 24.9. The summed E-state index contributed by atoms with van der Waals surface area (Å²) in [5.41, 5.74) is 4.58. The number of primary sulfonamides is 1. The van der Waals surface area contributed by atoms with E-state index in [9.17, 15) is 8.42 Å². The quantitative estimate of drug-likeness (QED) is 0.605. The van der Waals surface area contributed by atoms with Crippen LogP contribution in [0.2, 0.25) is 0 Å². The highest BCUT2D eigenvalue weighted by Gasteiger charge is 2.18. The number of benzene rings is 2. The van der Waals surface area contributed by atoms with Gasteiger partial charge in [0, 0.05) is 23.5 Å². The topological polar surface area (TPSA) is 90.3 Å². The molecule has 0 aliphatic carbocycles. The summed E-state index contributed by atoms with van der Waals surface area (Å²) in [4.78, 5) is 9.11. The van der Waals surface area contributed by atoms with Crippen LogP contribution in [0.5, 0.6) is 0 Å². The van der Waals surface area contributed by atoms with E-state index in [2.05, 4.69) is 4.98 Å². The number of imidazole rings is 1. The van der Waals surface area contributed by atoms with Crippen molar-refractivity contribution in [2.45, 2.75) is 11.8 Å². The van der Waals surface area contributed by atoms with E-state index in [1.807, 2.05) is 47.9 Å². The molecule has 130 valence electrons. The van der Waals surface area contributed by atoms with Crippen molar-refractivity contribution in [2.24, 2.45) is 5.14 Å². The molecule has 0 unspecified atom stereocenters. The number of sulfonamides is 1. The SMILES string of the molecule is Cc1ccccc1-c1nc2ncccn2c1-c1ccc(S(N)(=O)=O)cc1. The number of nitrogens with two attached hydrogens (primary N) is 1. The molecule has 0 spiro atoms. The van der Waals surface area contributed by atoms with Gasteiger partial charge in [0.1, 0.15) is 0 Å². The Balaban J connectivity index is 2.00. The van der Waals surface area contributed by atoms with E-state index in [-0.39, 0.29) is 4.90 Å². The second kappa shape index (κ2) is 6.05. The predicted molar refractivity (Wildman–Crippen MR) is 100.0 cm³/mol. The molecule has 4 rings (SSSR count). The summed E-state index contributed by atoms with van der Waals surface area (Å²) in [6.07, 6.45) is 3.58. The van der Waals surface area contributed by atoms with E-state index in [0.29, 0.717) is 5.78 Å². The van der Waals surface area contributed by atoms with Crippen LogP contribution in [0.15, 0.2) is 71.9 Å². The third-order valence-corrected chi connectivity index (χ3v) is 5.19. The third kappa shape index (κ3) is 2.77. The summed E-state index contributed by atoms with van der Waals surface area (Å²) >= 11 is 0. The molecule has 26 heavy (non-hydrogen) atoms. The van der Waals surface area contributed by atoms with Crippen LogP contribution in [0.3, 0.4) is 0 Å². The lowest BCUT2D eigenvalue weighted by atomic mass is 10.0. The Hall–Kier alpha value is -3.03.